The Bertz CT molecular complexity index is 1390. The molecule has 2 aromatic carbocycles. The quantitative estimate of drug-likeness (QED) is 0.332. The standard InChI is InChI=1S/C29H33F6N3O3/c1-17-11-27(40-4,18-5-7-19(8-6-18)28(30,31)32)14-21(37(17)3)15-41-22-9-23(29(33,34)35)25-24(10-22)36-16-38(25)20-12-26(2,39)13-20/h5-10,16-17,20-21,39H,11-15H2,1-4H3. The van der Waals surface area contributed by atoms with E-state index in [4.69, 9.17) is 9.47 Å². The summed E-state index contributed by atoms with van der Waals surface area (Å²) < 4.78 is 95.3. The summed E-state index contributed by atoms with van der Waals surface area (Å²) in [6.07, 6.45) is -6.21. The van der Waals surface area contributed by atoms with E-state index in [9.17, 15) is 31.4 Å². The molecule has 2 aliphatic rings. The van der Waals surface area contributed by atoms with E-state index >= 15 is 0 Å². The molecule has 224 valence electrons. The van der Waals surface area contributed by atoms with Crippen molar-refractivity contribution >= 4 is 11.0 Å². The summed E-state index contributed by atoms with van der Waals surface area (Å²) in [5, 5.41) is 10.1. The Hall–Kier alpha value is -2.83. The van der Waals surface area contributed by atoms with Crippen LogP contribution in [-0.2, 0) is 22.7 Å². The first kappa shape index (κ1) is 29.7. The first-order valence-corrected chi connectivity index (χ1v) is 13.4. The zero-order valence-electron chi connectivity index (χ0n) is 23.2. The van der Waals surface area contributed by atoms with Gasteiger partial charge in [0.05, 0.1) is 39.7 Å². The molecular weight excluding hydrogens is 552 g/mol. The van der Waals surface area contributed by atoms with Crippen LogP contribution in [0.2, 0.25) is 0 Å². The molecule has 0 radical (unpaired) electrons. The predicted molar refractivity (Wildman–Crippen MR) is 140 cm³/mol. The van der Waals surface area contributed by atoms with Crippen LogP contribution in [0.3, 0.4) is 0 Å². The highest BCUT2D eigenvalue weighted by Crippen LogP contribution is 2.46. The monoisotopic (exact) mass is 585 g/mol. The number of aliphatic hydroxyl groups is 1. The highest BCUT2D eigenvalue weighted by molar-refractivity contribution is 5.82. The summed E-state index contributed by atoms with van der Waals surface area (Å²) >= 11 is 0. The van der Waals surface area contributed by atoms with Crippen LogP contribution in [0.1, 0.15) is 62.3 Å². The van der Waals surface area contributed by atoms with Crippen LogP contribution in [-0.4, -0.2) is 58.0 Å². The highest BCUT2D eigenvalue weighted by Gasteiger charge is 2.45. The Balaban J connectivity index is 1.40. The molecule has 1 N–H and O–H groups in total. The van der Waals surface area contributed by atoms with Gasteiger partial charge in [0.1, 0.15) is 12.4 Å². The van der Waals surface area contributed by atoms with Gasteiger partial charge in [0.15, 0.2) is 0 Å². The lowest BCUT2D eigenvalue weighted by molar-refractivity contribution is -0.138. The molecular formula is C29H33F6N3O3. The lowest BCUT2D eigenvalue weighted by Crippen LogP contribution is -2.54. The number of methoxy groups -OCH3 is 1. The number of imidazole rings is 1. The number of fused-ring (bicyclic) bond motifs is 1. The molecule has 1 saturated heterocycles. The molecule has 1 aliphatic heterocycles. The van der Waals surface area contributed by atoms with Gasteiger partial charge in [0, 0.05) is 31.3 Å². The van der Waals surface area contributed by atoms with E-state index in [1.165, 1.54) is 36.2 Å². The molecule has 2 fully saturated rings. The van der Waals surface area contributed by atoms with Crippen LogP contribution >= 0.6 is 0 Å². The molecule has 1 aliphatic carbocycles. The van der Waals surface area contributed by atoms with E-state index in [1.54, 1.807) is 6.92 Å². The number of alkyl halides is 6. The minimum atomic E-state index is -4.66. The molecule has 3 atom stereocenters. The van der Waals surface area contributed by atoms with Crippen molar-refractivity contribution in [1.82, 2.24) is 14.5 Å². The van der Waals surface area contributed by atoms with Crippen molar-refractivity contribution in [1.29, 1.82) is 0 Å². The fraction of sp³-hybridized carbons (Fsp3) is 0.552. The number of aromatic nitrogens is 2. The van der Waals surface area contributed by atoms with Gasteiger partial charge in [-0.15, -0.1) is 0 Å². The smallest absolute Gasteiger partial charge is 0.418 e. The molecule has 0 bridgehead atoms. The lowest BCUT2D eigenvalue weighted by Gasteiger charge is -2.48. The van der Waals surface area contributed by atoms with Crippen LogP contribution in [0.25, 0.3) is 11.0 Å². The maximum absolute atomic E-state index is 14.2. The minimum Gasteiger partial charge on any atom is -0.492 e. The Morgan fingerprint density at radius 1 is 1.00 bits per heavy atom. The summed E-state index contributed by atoms with van der Waals surface area (Å²) in [5.41, 5.74) is -2.74. The molecule has 3 unspecified atom stereocenters. The van der Waals surface area contributed by atoms with Gasteiger partial charge in [-0.05, 0) is 70.3 Å². The third-order valence-corrected chi connectivity index (χ3v) is 8.73. The third kappa shape index (κ3) is 5.65. The highest BCUT2D eigenvalue weighted by atomic mass is 19.4. The fourth-order valence-electron chi connectivity index (χ4n) is 6.31. The van der Waals surface area contributed by atoms with Gasteiger partial charge in [-0.1, -0.05) is 12.1 Å². The number of halogens is 6. The van der Waals surface area contributed by atoms with Gasteiger partial charge < -0.3 is 19.1 Å². The second-order valence-electron chi connectivity index (χ2n) is 11.7. The van der Waals surface area contributed by atoms with E-state index in [-0.39, 0.29) is 41.5 Å². The average molecular weight is 586 g/mol. The Morgan fingerprint density at radius 3 is 2.22 bits per heavy atom. The van der Waals surface area contributed by atoms with Crippen LogP contribution in [0.15, 0.2) is 42.7 Å². The molecule has 6 nitrogen and oxygen atoms in total. The molecule has 1 saturated carbocycles. The van der Waals surface area contributed by atoms with Gasteiger partial charge >= 0.3 is 12.4 Å². The number of nitrogens with zero attached hydrogens (tertiary/aromatic N) is 3. The SMILES string of the molecule is COC1(c2ccc(C(F)(F)F)cc2)CC(C)N(C)C(COc2cc(C(F)(F)F)c3c(c2)ncn3C2CC(C)(O)C2)C1. The van der Waals surface area contributed by atoms with Crippen molar-refractivity contribution in [2.75, 3.05) is 20.8 Å². The Labute approximate surface area is 233 Å². The van der Waals surface area contributed by atoms with E-state index in [0.717, 1.165) is 18.2 Å². The number of piperidine rings is 1. The van der Waals surface area contributed by atoms with Crippen molar-refractivity contribution in [3.8, 4) is 5.75 Å². The van der Waals surface area contributed by atoms with E-state index in [0.29, 0.717) is 31.2 Å². The molecule has 12 heteroatoms. The van der Waals surface area contributed by atoms with Crippen LogP contribution in [0.5, 0.6) is 5.75 Å². The number of rotatable bonds is 6. The lowest BCUT2D eigenvalue weighted by atomic mass is 9.77. The molecule has 1 aromatic heterocycles. The Kier molecular flexibility index (Phi) is 7.35. The maximum Gasteiger partial charge on any atom is 0.418 e. The number of benzene rings is 2. The summed E-state index contributed by atoms with van der Waals surface area (Å²) in [6.45, 7) is 3.64. The molecule has 0 amide bonds. The van der Waals surface area contributed by atoms with Crippen LogP contribution in [0, 0.1) is 0 Å². The topological polar surface area (TPSA) is 59.8 Å². The van der Waals surface area contributed by atoms with Gasteiger partial charge in [-0.3, -0.25) is 4.90 Å². The number of hydrogen-bond donors (Lipinski definition) is 1. The predicted octanol–water partition coefficient (Wildman–Crippen LogP) is 6.56. The summed E-state index contributed by atoms with van der Waals surface area (Å²) in [6, 6.07) is 6.71. The van der Waals surface area contributed by atoms with Crippen molar-refractivity contribution in [3.05, 3.63) is 59.4 Å². The second-order valence-corrected chi connectivity index (χ2v) is 11.7. The summed E-state index contributed by atoms with van der Waals surface area (Å²) in [7, 11) is 3.39. The Morgan fingerprint density at radius 2 is 1.66 bits per heavy atom. The molecule has 5 rings (SSSR count). The summed E-state index contributed by atoms with van der Waals surface area (Å²) in [5.74, 6) is 0.0138. The summed E-state index contributed by atoms with van der Waals surface area (Å²) in [4.78, 5) is 6.26. The largest absolute Gasteiger partial charge is 0.492 e. The van der Waals surface area contributed by atoms with Crippen LogP contribution in [0.4, 0.5) is 26.3 Å². The number of ether oxygens (including phenoxy) is 2. The zero-order valence-corrected chi connectivity index (χ0v) is 23.2. The fourth-order valence-corrected chi connectivity index (χ4v) is 6.31. The second kappa shape index (κ2) is 10.2. The van der Waals surface area contributed by atoms with E-state index in [2.05, 4.69) is 4.98 Å². The van der Waals surface area contributed by atoms with Crippen molar-refractivity contribution < 1.29 is 40.9 Å². The molecule has 0 spiro atoms. The van der Waals surface area contributed by atoms with Crippen molar-refractivity contribution in [2.45, 2.75) is 81.2 Å². The number of likely N-dealkylation sites (tertiary alicyclic amines) is 1. The van der Waals surface area contributed by atoms with E-state index < -0.39 is 34.7 Å². The maximum atomic E-state index is 14.2. The van der Waals surface area contributed by atoms with Gasteiger partial charge in [-0.25, -0.2) is 4.98 Å². The number of likely N-dealkylation sites (N-methyl/N-ethyl adjacent to an activating group) is 1. The molecule has 41 heavy (non-hydrogen) atoms. The minimum absolute atomic E-state index is 0.0138. The van der Waals surface area contributed by atoms with Crippen LogP contribution < -0.4 is 4.74 Å². The van der Waals surface area contributed by atoms with Gasteiger partial charge in [-0.2, -0.15) is 26.3 Å². The normalized spacial score (nSPS) is 29.5. The van der Waals surface area contributed by atoms with E-state index in [1.807, 2.05) is 18.9 Å². The first-order valence-electron chi connectivity index (χ1n) is 13.4. The molecule has 2 heterocycles. The first-order chi connectivity index (χ1) is 19.0. The third-order valence-electron chi connectivity index (χ3n) is 8.73. The zero-order chi connectivity index (χ0) is 30.0. The average Bonchev–Trinajstić information content (AvgIpc) is 3.30. The number of hydrogen-bond acceptors (Lipinski definition) is 5. The van der Waals surface area contributed by atoms with Gasteiger partial charge in [0.25, 0.3) is 0 Å². The van der Waals surface area contributed by atoms with Crippen molar-refractivity contribution in [2.24, 2.45) is 0 Å². The van der Waals surface area contributed by atoms with Crippen molar-refractivity contribution in [3.63, 3.8) is 0 Å². The van der Waals surface area contributed by atoms with Gasteiger partial charge in [0.2, 0.25) is 0 Å². The molecule has 3 aromatic rings.